The van der Waals surface area contributed by atoms with Crippen LogP contribution in [0.5, 0.6) is 5.75 Å². The fourth-order valence-electron chi connectivity index (χ4n) is 3.84. The molecule has 0 aliphatic carbocycles. The molecule has 4 aromatic carbocycles. The summed E-state index contributed by atoms with van der Waals surface area (Å²) in [6, 6.07) is 30.9. The molecule has 0 spiro atoms. The minimum Gasteiger partial charge on any atom is -0.497 e. The molecule has 2 N–H and O–H groups in total. The zero-order chi connectivity index (χ0) is 24.8. The summed E-state index contributed by atoms with van der Waals surface area (Å²) < 4.78 is 5.22. The van der Waals surface area contributed by atoms with E-state index in [2.05, 4.69) is 5.32 Å². The van der Waals surface area contributed by atoms with Crippen LogP contribution in [0.3, 0.4) is 0 Å². The standard InChI is InChI=1S/C29H23ClN2O3/c1-35-26-15-12-22(13-16-26)21-9-7-20(8-10-21)18-29(34,24-5-3-2-4-6-24)28(33)32-25-14-11-23(19-31)27(30)17-25/h2-17,34H,18H2,1H3,(H,32,33). The summed E-state index contributed by atoms with van der Waals surface area (Å²) in [6.45, 7) is 0. The molecule has 5 nitrogen and oxygen atoms in total. The van der Waals surface area contributed by atoms with Crippen LogP contribution in [0.25, 0.3) is 11.1 Å². The number of hydrogen-bond donors (Lipinski definition) is 2. The van der Waals surface area contributed by atoms with Crippen molar-refractivity contribution in [2.75, 3.05) is 12.4 Å². The number of rotatable bonds is 7. The quantitative estimate of drug-likeness (QED) is 0.340. The number of anilines is 1. The third-order valence-corrected chi connectivity index (χ3v) is 6.12. The molecule has 35 heavy (non-hydrogen) atoms. The predicted octanol–water partition coefficient (Wildman–Crippen LogP) is 5.96. The molecule has 0 aliphatic heterocycles. The maximum atomic E-state index is 13.4. The molecule has 0 radical (unpaired) electrons. The summed E-state index contributed by atoms with van der Waals surface area (Å²) in [5, 5.41) is 23.7. The van der Waals surface area contributed by atoms with Gasteiger partial charge in [0.15, 0.2) is 5.60 Å². The van der Waals surface area contributed by atoms with Gasteiger partial charge >= 0.3 is 0 Å². The molecular formula is C29H23ClN2O3. The fraction of sp³-hybridized carbons (Fsp3) is 0.103. The molecule has 0 saturated heterocycles. The summed E-state index contributed by atoms with van der Waals surface area (Å²) in [7, 11) is 1.63. The van der Waals surface area contributed by atoms with Gasteiger partial charge in [-0.3, -0.25) is 4.79 Å². The Morgan fingerprint density at radius 1 is 0.971 bits per heavy atom. The Kier molecular flexibility index (Phi) is 7.17. The lowest BCUT2D eigenvalue weighted by Gasteiger charge is -2.28. The monoisotopic (exact) mass is 482 g/mol. The first-order valence-corrected chi connectivity index (χ1v) is 11.3. The SMILES string of the molecule is COc1ccc(-c2ccc(CC(O)(C(=O)Nc3ccc(C#N)c(Cl)c3)c3ccccc3)cc2)cc1. The van der Waals surface area contributed by atoms with E-state index < -0.39 is 11.5 Å². The number of carbonyl (C=O) groups is 1. The van der Waals surface area contributed by atoms with Gasteiger partial charge in [-0.1, -0.05) is 78.3 Å². The molecule has 1 amide bonds. The van der Waals surface area contributed by atoms with E-state index in [4.69, 9.17) is 21.6 Å². The topological polar surface area (TPSA) is 82.3 Å². The van der Waals surface area contributed by atoms with Gasteiger partial charge in [0, 0.05) is 12.1 Å². The summed E-state index contributed by atoms with van der Waals surface area (Å²) in [4.78, 5) is 13.4. The molecule has 1 atom stereocenters. The van der Waals surface area contributed by atoms with Crippen molar-refractivity contribution in [2.45, 2.75) is 12.0 Å². The van der Waals surface area contributed by atoms with Crippen LogP contribution in [0.15, 0.2) is 97.1 Å². The van der Waals surface area contributed by atoms with Crippen molar-refractivity contribution in [2.24, 2.45) is 0 Å². The number of halogens is 1. The third-order valence-electron chi connectivity index (χ3n) is 5.81. The zero-order valence-electron chi connectivity index (χ0n) is 19.0. The van der Waals surface area contributed by atoms with E-state index in [0.717, 1.165) is 22.4 Å². The second-order valence-corrected chi connectivity index (χ2v) is 8.50. The number of nitrogens with zero attached hydrogens (tertiary/aromatic N) is 1. The molecule has 1 unspecified atom stereocenters. The van der Waals surface area contributed by atoms with Crippen molar-refractivity contribution in [3.05, 3.63) is 119 Å². The van der Waals surface area contributed by atoms with E-state index in [0.29, 0.717) is 16.8 Å². The molecule has 0 saturated carbocycles. The Balaban J connectivity index is 1.61. The molecule has 0 fully saturated rings. The second-order valence-electron chi connectivity index (χ2n) is 8.09. The number of ether oxygens (including phenoxy) is 1. The molecule has 4 rings (SSSR count). The average Bonchev–Trinajstić information content (AvgIpc) is 2.90. The van der Waals surface area contributed by atoms with Crippen LogP contribution in [0.2, 0.25) is 5.02 Å². The minimum atomic E-state index is -1.83. The summed E-state index contributed by atoms with van der Waals surface area (Å²) >= 11 is 6.11. The van der Waals surface area contributed by atoms with Crippen molar-refractivity contribution in [1.29, 1.82) is 5.26 Å². The van der Waals surface area contributed by atoms with Gasteiger partial charge in [-0.25, -0.2) is 0 Å². The Morgan fingerprint density at radius 3 is 2.17 bits per heavy atom. The van der Waals surface area contributed by atoms with Crippen molar-refractivity contribution < 1.29 is 14.6 Å². The number of benzene rings is 4. The highest BCUT2D eigenvalue weighted by atomic mass is 35.5. The minimum absolute atomic E-state index is 0.0652. The number of nitriles is 1. The van der Waals surface area contributed by atoms with Crippen LogP contribution in [-0.4, -0.2) is 18.1 Å². The average molecular weight is 483 g/mol. The predicted molar refractivity (Wildman–Crippen MR) is 137 cm³/mol. The summed E-state index contributed by atoms with van der Waals surface area (Å²) in [6.07, 6.45) is 0.0652. The zero-order valence-corrected chi connectivity index (χ0v) is 19.8. The molecule has 0 aliphatic rings. The van der Waals surface area contributed by atoms with Gasteiger partial charge in [0.1, 0.15) is 11.8 Å². The Morgan fingerprint density at radius 2 is 1.60 bits per heavy atom. The van der Waals surface area contributed by atoms with Gasteiger partial charge in [0.2, 0.25) is 0 Å². The number of methoxy groups -OCH3 is 1. The third kappa shape index (κ3) is 5.36. The van der Waals surface area contributed by atoms with E-state index in [1.807, 2.05) is 60.7 Å². The number of amides is 1. The van der Waals surface area contributed by atoms with Crippen molar-refractivity contribution in [1.82, 2.24) is 0 Å². The Bertz CT molecular complexity index is 1360. The molecule has 4 aromatic rings. The molecule has 0 heterocycles. The number of hydrogen-bond acceptors (Lipinski definition) is 4. The highest BCUT2D eigenvalue weighted by Crippen LogP contribution is 2.30. The summed E-state index contributed by atoms with van der Waals surface area (Å²) in [5.74, 6) is 0.191. The van der Waals surface area contributed by atoms with Crippen LogP contribution >= 0.6 is 11.6 Å². The van der Waals surface area contributed by atoms with Gasteiger partial charge in [-0.2, -0.15) is 5.26 Å². The van der Waals surface area contributed by atoms with Gasteiger partial charge in [-0.15, -0.1) is 0 Å². The fourth-order valence-corrected chi connectivity index (χ4v) is 4.06. The van der Waals surface area contributed by atoms with Crippen molar-refractivity contribution in [3.63, 3.8) is 0 Å². The Hall–Kier alpha value is -4.11. The lowest BCUT2D eigenvalue weighted by atomic mass is 9.86. The number of aliphatic hydroxyl groups is 1. The lowest BCUT2D eigenvalue weighted by molar-refractivity contribution is -0.135. The first kappa shape index (κ1) is 24.0. The largest absolute Gasteiger partial charge is 0.497 e. The highest BCUT2D eigenvalue weighted by Gasteiger charge is 2.38. The maximum Gasteiger partial charge on any atom is 0.261 e. The molecular weight excluding hydrogens is 460 g/mol. The van der Waals surface area contributed by atoms with E-state index >= 15 is 0 Å². The number of nitrogens with one attached hydrogen (secondary N) is 1. The van der Waals surface area contributed by atoms with Crippen LogP contribution in [0, 0.1) is 11.3 Å². The first-order valence-electron chi connectivity index (χ1n) is 11.0. The smallest absolute Gasteiger partial charge is 0.261 e. The van der Waals surface area contributed by atoms with Crippen LogP contribution < -0.4 is 10.1 Å². The summed E-state index contributed by atoms with van der Waals surface area (Å²) in [5.41, 5.74) is 2.17. The van der Waals surface area contributed by atoms with E-state index in [1.165, 1.54) is 12.1 Å². The maximum absolute atomic E-state index is 13.4. The van der Waals surface area contributed by atoms with Gasteiger partial charge in [0.05, 0.1) is 17.7 Å². The van der Waals surface area contributed by atoms with Crippen LogP contribution in [0.1, 0.15) is 16.7 Å². The number of carbonyl (C=O) groups excluding carboxylic acids is 1. The molecule has 0 bridgehead atoms. The van der Waals surface area contributed by atoms with E-state index in [-0.39, 0.29) is 11.4 Å². The molecule has 0 aromatic heterocycles. The van der Waals surface area contributed by atoms with E-state index in [9.17, 15) is 9.90 Å². The van der Waals surface area contributed by atoms with Gasteiger partial charge in [0.25, 0.3) is 5.91 Å². The molecule has 174 valence electrons. The van der Waals surface area contributed by atoms with Crippen LogP contribution in [-0.2, 0) is 16.8 Å². The van der Waals surface area contributed by atoms with Crippen molar-refractivity contribution in [3.8, 4) is 22.9 Å². The Labute approximate surface area is 209 Å². The van der Waals surface area contributed by atoms with Gasteiger partial charge < -0.3 is 15.2 Å². The normalized spacial score (nSPS) is 12.3. The second kappa shape index (κ2) is 10.4. The van der Waals surface area contributed by atoms with Crippen molar-refractivity contribution >= 4 is 23.2 Å². The van der Waals surface area contributed by atoms with Gasteiger partial charge in [-0.05, 0) is 52.6 Å². The highest BCUT2D eigenvalue weighted by molar-refractivity contribution is 6.32. The lowest BCUT2D eigenvalue weighted by Crippen LogP contribution is -2.42. The molecule has 6 heteroatoms. The first-order chi connectivity index (χ1) is 16.9. The van der Waals surface area contributed by atoms with E-state index in [1.54, 1.807) is 37.4 Å². The van der Waals surface area contributed by atoms with Crippen LogP contribution in [0.4, 0.5) is 5.69 Å².